The van der Waals surface area contributed by atoms with E-state index in [-0.39, 0.29) is 11.8 Å². The summed E-state index contributed by atoms with van der Waals surface area (Å²) in [5, 5.41) is 0. The predicted octanol–water partition coefficient (Wildman–Crippen LogP) is 3.73. The minimum atomic E-state index is 0.00615. The van der Waals surface area contributed by atoms with E-state index < -0.39 is 0 Å². The van der Waals surface area contributed by atoms with Crippen LogP contribution >= 0.6 is 0 Å². The van der Waals surface area contributed by atoms with Gasteiger partial charge in [-0.1, -0.05) is 13.8 Å². The lowest BCUT2D eigenvalue weighted by atomic mass is 10.1. The Morgan fingerprint density at radius 1 is 1.20 bits per heavy atom. The van der Waals surface area contributed by atoms with Gasteiger partial charge < -0.3 is 18.9 Å². The molecule has 0 spiro atoms. The molecule has 3 aromatic rings. The number of pyridine rings is 1. The van der Waals surface area contributed by atoms with Gasteiger partial charge in [0.1, 0.15) is 5.82 Å². The topological polar surface area (TPSA) is 69.5 Å². The molecule has 1 amide bonds. The van der Waals surface area contributed by atoms with Gasteiger partial charge in [0.2, 0.25) is 0 Å². The maximum absolute atomic E-state index is 13.1. The number of hydrogen-bond donors (Lipinski definition) is 0. The number of fused-ring (bicyclic) bond motifs is 1. The largest absolute Gasteiger partial charge is 0.493 e. The monoisotopic (exact) mass is 408 g/mol. The first kappa shape index (κ1) is 20.2. The van der Waals surface area contributed by atoms with Crippen molar-refractivity contribution < 1.29 is 14.3 Å². The van der Waals surface area contributed by atoms with Crippen molar-refractivity contribution in [2.75, 3.05) is 27.3 Å². The molecule has 1 atom stereocenters. The highest BCUT2D eigenvalue weighted by molar-refractivity contribution is 5.95. The van der Waals surface area contributed by atoms with E-state index in [1.54, 1.807) is 38.6 Å². The van der Waals surface area contributed by atoms with Gasteiger partial charge in [0.05, 0.1) is 31.4 Å². The second-order valence-electron chi connectivity index (χ2n) is 8.15. The highest BCUT2D eigenvalue weighted by Crippen LogP contribution is 2.32. The van der Waals surface area contributed by atoms with Crippen molar-refractivity contribution in [3.63, 3.8) is 0 Å². The summed E-state index contributed by atoms with van der Waals surface area (Å²) < 4.78 is 12.9. The summed E-state index contributed by atoms with van der Waals surface area (Å²) >= 11 is 0. The van der Waals surface area contributed by atoms with E-state index in [1.807, 2.05) is 17.2 Å². The van der Waals surface area contributed by atoms with Crippen LogP contribution in [-0.2, 0) is 6.54 Å². The Labute approximate surface area is 176 Å². The number of nitrogens with zero attached hydrogens (tertiary/aromatic N) is 4. The third kappa shape index (κ3) is 3.72. The van der Waals surface area contributed by atoms with Crippen molar-refractivity contribution >= 4 is 16.9 Å². The standard InChI is InChI=1S/C23H28N4O3/c1-15(2)13-27-19-12-24-9-7-18(19)25-22(27)17-8-10-26(14-17)23(28)16-5-6-20(29-3)21(11-16)30-4/h5-7,9,11-12,15,17H,8,10,13-14H2,1-4H3. The van der Waals surface area contributed by atoms with Crippen molar-refractivity contribution in [2.24, 2.45) is 5.92 Å². The third-order valence-electron chi connectivity index (χ3n) is 5.60. The quantitative estimate of drug-likeness (QED) is 0.622. The van der Waals surface area contributed by atoms with Crippen molar-refractivity contribution in [3.8, 4) is 11.5 Å². The molecule has 30 heavy (non-hydrogen) atoms. The molecule has 7 heteroatoms. The van der Waals surface area contributed by atoms with E-state index in [2.05, 4.69) is 23.4 Å². The van der Waals surface area contributed by atoms with Crippen molar-refractivity contribution in [3.05, 3.63) is 48.0 Å². The number of aromatic nitrogens is 3. The molecular formula is C23H28N4O3. The van der Waals surface area contributed by atoms with Crippen molar-refractivity contribution in [1.29, 1.82) is 0 Å². The molecule has 1 fully saturated rings. The fourth-order valence-corrected chi connectivity index (χ4v) is 4.16. The molecule has 1 aliphatic rings. The number of methoxy groups -OCH3 is 2. The van der Waals surface area contributed by atoms with Gasteiger partial charge in [-0.25, -0.2) is 4.98 Å². The van der Waals surface area contributed by atoms with Crippen LogP contribution in [0, 0.1) is 5.92 Å². The average Bonchev–Trinajstić information content (AvgIpc) is 3.38. The molecule has 1 unspecified atom stereocenters. The number of carbonyl (C=O) groups is 1. The van der Waals surface area contributed by atoms with Crippen LogP contribution in [0.4, 0.5) is 0 Å². The molecule has 7 nitrogen and oxygen atoms in total. The van der Waals surface area contributed by atoms with Crippen LogP contribution in [0.2, 0.25) is 0 Å². The van der Waals surface area contributed by atoms with Crippen LogP contribution < -0.4 is 9.47 Å². The van der Waals surface area contributed by atoms with E-state index in [0.29, 0.717) is 36.1 Å². The Morgan fingerprint density at radius 3 is 2.73 bits per heavy atom. The highest BCUT2D eigenvalue weighted by Gasteiger charge is 2.32. The van der Waals surface area contributed by atoms with E-state index in [1.165, 1.54) is 0 Å². The second-order valence-corrected chi connectivity index (χ2v) is 8.15. The zero-order valence-corrected chi connectivity index (χ0v) is 18.0. The Hall–Kier alpha value is -3.09. The third-order valence-corrected chi connectivity index (χ3v) is 5.60. The summed E-state index contributed by atoms with van der Waals surface area (Å²) in [5.74, 6) is 2.93. The number of hydrogen-bond acceptors (Lipinski definition) is 5. The zero-order chi connectivity index (χ0) is 21.3. The first-order valence-corrected chi connectivity index (χ1v) is 10.3. The number of ether oxygens (including phenoxy) is 2. The number of carbonyl (C=O) groups excluding carboxylic acids is 1. The number of likely N-dealkylation sites (tertiary alicyclic amines) is 1. The van der Waals surface area contributed by atoms with Gasteiger partial charge in [0.15, 0.2) is 11.5 Å². The van der Waals surface area contributed by atoms with Gasteiger partial charge in [0.25, 0.3) is 5.91 Å². The van der Waals surface area contributed by atoms with Crippen LogP contribution in [0.3, 0.4) is 0 Å². The molecule has 0 radical (unpaired) electrons. The van der Waals surface area contributed by atoms with E-state index in [9.17, 15) is 4.79 Å². The van der Waals surface area contributed by atoms with Crippen LogP contribution in [0.15, 0.2) is 36.7 Å². The fraction of sp³-hybridized carbons (Fsp3) is 0.435. The molecule has 4 rings (SSSR count). The Kier molecular flexibility index (Phi) is 5.61. The molecule has 3 heterocycles. The summed E-state index contributed by atoms with van der Waals surface area (Å²) in [6.45, 7) is 6.65. The minimum absolute atomic E-state index is 0.00615. The molecular weight excluding hydrogens is 380 g/mol. The van der Waals surface area contributed by atoms with Crippen molar-refractivity contribution in [2.45, 2.75) is 32.7 Å². The smallest absolute Gasteiger partial charge is 0.254 e. The minimum Gasteiger partial charge on any atom is -0.493 e. The molecule has 1 aromatic carbocycles. The summed E-state index contributed by atoms with van der Waals surface area (Å²) in [5.41, 5.74) is 2.63. The number of benzene rings is 1. The van der Waals surface area contributed by atoms with Gasteiger partial charge >= 0.3 is 0 Å². The van der Waals surface area contributed by atoms with Crippen molar-refractivity contribution in [1.82, 2.24) is 19.4 Å². The maximum atomic E-state index is 13.1. The number of imidazole rings is 1. The van der Waals surface area contributed by atoms with E-state index in [0.717, 1.165) is 29.8 Å². The maximum Gasteiger partial charge on any atom is 0.254 e. The molecule has 0 N–H and O–H groups in total. The van der Waals surface area contributed by atoms with Crippen LogP contribution in [-0.4, -0.2) is 52.7 Å². The SMILES string of the molecule is COc1ccc(C(=O)N2CCC(c3nc4ccncc4n3CC(C)C)C2)cc1OC. The molecule has 0 bridgehead atoms. The normalized spacial score (nSPS) is 16.4. The molecule has 1 saturated heterocycles. The lowest BCUT2D eigenvalue weighted by molar-refractivity contribution is 0.0790. The fourth-order valence-electron chi connectivity index (χ4n) is 4.16. The Bertz CT molecular complexity index is 1060. The van der Waals surface area contributed by atoms with Gasteiger partial charge in [0, 0.05) is 37.3 Å². The van der Waals surface area contributed by atoms with E-state index >= 15 is 0 Å². The first-order chi connectivity index (χ1) is 14.5. The highest BCUT2D eigenvalue weighted by atomic mass is 16.5. The average molecular weight is 409 g/mol. The van der Waals surface area contributed by atoms with Gasteiger partial charge in [-0.3, -0.25) is 9.78 Å². The number of rotatable bonds is 6. The molecule has 158 valence electrons. The molecule has 1 aliphatic heterocycles. The van der Waals surface area contributed by atoms with Crippen LogP contribution in [0.1, 0.15) is 42.4 Å². The summed E-state index contributed by atoms with van der Waals surface area (Å²) in [4.78, 5) is 24.2. The van der Waals surface area contributed by atoms with Gasteiger partial charge in [-0.2, -0.15) is 0 Å². The lowest BCUT2D eigenvalue weighted by Gasteiger charge is -2.19. The lowest BCUT2D eigenvalue weighted by Crippen LogP contribution is -2.28. The zero-order valence-electron chi connectivity index (χ0n) is 18.0. The molecule has 0 saturated carbocycles. The number of amides is 1. The summed E-state index contributed by atoms with van der Waals surface area (Å²) in [6, 6.07) is 7.26. The van der Waals surface area contributed by atoms with E-state index in [4.69, 9.17) is 14.5 Å². The first-order valence-electron chi connectivity index (χ1n) is 10.3. The summed E-state index contributed by atoms with van der Waals surface area (Å²) in [6.07, 6.45) is 4.56. The van der Waals surface area contributed by atoms with Gasteiger partial charge in [-0.05, 0) is 36.6 Å². The van der Waals surface area contributed by atoms with Crippen LogP contribution in [0.25, 0.3) is 11.0 Å². The second kappa shape index (κ2) is 8.34. The van der Waals surface area contributed by atoms with Crippen LogP contribution in [0.5, 0.6) is 11.5 Å². The summed E-state index contributed by atoms with van der Waals surface area (Å²) in [7, 11) is 3.16. The molecule has 0 aliphatic carbocycles. The Balaban J connectivity index is 1.58. The Morgan fingerprint density at radius 2 is 2.00 bits per heavy atom. The van der Waals surface area contributed by atoms with Gasteiger partial charge in [-0.15, -0.1) is 0 Å². The molecule has 2 aromatic heterocycles. The predicted molar refractivity (Wildman–Crippen MR) is 115 cm³/mol.